The molecular formula is C13H13NO4S2. The highest BCUT2D eigenvalue weighted by Crippen LogP contribution is 2.29. The summed E-state index contributed by atoms with van der Waals surface area (Å²) in [5, 5.41) is 19.0. The molecule has 0 fully saturated rings. The van der Waals surface area contributed by atoms with Crippen molar-refractivity contribution in [2.24, 2.45) is 0 Å². The van der Waals surface area contributed by atoms with E-state index >= 15 is 0 Å². The van der Waals surface area contributed by atoms with Gasteiger partial charge >= 0.3 is 0 Å². The first-order chi connectivity index (χ1) is 9.56. The molecule has 106 valence electrons. The van der Waals surface area contributed by atoms with Gasteiger partial charge in [-0.2, -0.15) is 0 Å². The third-order valence-electron chi connectivity index (χ3n) is 2.60. The van der Waals surface area contributed by atoms with E-state index in [0.717, 1.165) is 0 Å². The van der Waals surface area contributed by atoms with E-state index in [4.69, 9.17) is 22.1 Å². The van der Waals surface area contributed by atoms with Crippen molar-refractivity contribution in [3.63, 3.8) is 0 Å². The molecule has 0 unspecified atom stereocenters. The Morgan fingerprint density at radius 1 is 1.50 bits per heavy atom. The number of aromatic hydroxyl groups is 1. The minimum absolute atomic E-state index is 0.0911. The number of hydrogen-bond donors (Lipinski definition) is 2. The summed E-state index contributed by atoms with van der Waals surface area (Å²) < 4.78 is 6.83. The lowest BCUT2D eigenvalue weighted by Crippen LogP contribution is -2.06. The quantitative estimate of drug-likeness (QED) is 0.835. The fourth-order valence-corrected chi connectivity index (χ4v) is 2.92. The van der Waals surface area contributed by atoms with Crippen molar-refractivity contribution in [1.82, 2.24) is 4.57 Å². The zero-order valence-corrected chi connectivity index (χ0v) is 12.3. The molecular weight excluding hydrogens is 298 g/mol. The van der Waals surface area contributed by atoms with E-state index in [-0.39, 0.29) is 24.2 Å². The van der Waals surface area contributed by atoms with Crippen molar-refractivity contribution in [3.8, 4) is 5.88 Å². The van der Waals surface area contributed by atoms with Gasteiger partial charge in [-0.05, 0) is 42.9 Å². The molecule has 1 aliphatic carbocycles. The molecule has 0 aromatic carbocycles. The highest BCUT2D eigenvalue weighted by Gasteiger charge is 2.14. The van der Waals surface area contributed by atoms with Crippen molar-refractivity contribution < 1.29 is 19.7 Å². The third-order valence-corrected chi connectivity index (χ3v) is 3.99. The number of aromatic nitrogens is 1. The van der Waals surface area contributed by atoms with Crippen LogP contribution in [0.1, 0.15) is 11.8 Å². The highest BCUT2D eigenvalue weighted by molar-refractivity contribution is 7.73. The SMILES string of the molecule is CCOC1=C/C(=C/c2sc(=S)n(CO)c2O)C=CC1=O. The average molecular weight is 311 g/mol. The Morgan fingerprint density at radius 3 is 2.85 bits per heavy atom. The van der Waals surface area contributed by atoms with Crippen LogP contribution in [0.3, 0.4) is 0 Å². The Bertz CT molecular complexity index is 679. The van der Waals surface area contributed by atoms with Crippen LogP contribution in [0.5, 0.6) is 5.88 Å². The molecule has 2 rings (SSSR count). The van der Waals surface area contributed by atoms with E-state index in [1.165, 1.54) is 22.0 Å². The molecule has 1 aromatic heterocycles. The maximum atomic E-state index is 11.5. The molecule has 20 heavy (non-hydrogen) atoms. The van der Waals surface area contributed by atoms with E-state index in [2.05, 4.69) is 0 Å². The van der Waals surface area contributed by atoms with Crippen molar-refractivity contribution in [3.05, 3.63) is 38.4 Å². The first-order valence-corrected chi connectivity index (χ1v) is 7.11. The predicted octanol–water partition coefficient (Wildman–Crippen LogP) is 2.38. The Kier molecular flexibility index (Phi) is 4.53. The summed E-state index contributed by atoms with van der Waals surface area (Å²) in [5.74, 6) is -0.00799. The number of allylic oxidation sites excluding steroid dienone is 4. The zero-order valence-electron chi connectivity index (χ0n) is 10.7. The van der Waals surface area contributed by atoms with Gasteiger partial charge in [0.15, 0.2) is 9.71 Å². The van der Waals surface area contributed by atoms with E-state index in [1.807, 2.05) is 0 Å². The zero-order chi connectivity index (χ0) is 14.7. The Hall–Kier alpha value is -1.70. The monoisotopic (exact) mass is 311 g/mol. The maximum Gasteiger partial charge on any atom is 0.220 e. The Labute approximate surface area is 124 Å². The number of aliphatic hydroxyl groups excluding tert-OH is 1. The molecule has 1 aliphatic rings. The van der Waals surface area contributed by atoms with Crippen LogP contribution in [-0.2, 0) is 16.3 Å². The molecule has 5 nitrogen and oxygen atoms in total. The van der Waals surface area contributed by atoms with Crippen molar-refractivity contribution >= 4 is 35.4 Å². The minimum atomic E-state index is -0.376. The Balaban J connectivity index is 2.39. The first kappa shape index (κ1) is 14.7. The summed E-state index contributed by atoms with van der Waals surface area (Å²) in [5.41, 5.74) is 0.713. The van der Waals surface area contributed by atoms with Gasteiger partial charge in [0.1, 0.15) is 6.73 Å². The Morgan fingerprint density at radius 2 is 2.25 bits per heavy atom. The molecule has 0 saturated heterocycles. The molecule has 1 aromatic rings. The van der Waals surface area contributed by atoms with Crippen LogP contribution < -0.4 is 0 Å². The number of carbonyl (C=O) groups excluding carboxylic acids is 1. The molecule has 0 aliphatic heterocycles. The fourth-order valence-electron chi connectivity index (χ4n) is 1.67. The number of carbonyl (C=O) groups is 1. The lowest BCUT2D eigenvalue weighted by Gasteiger charge is -2.09. The van der Waals surface area contributed by atoms with E-state index in [9.17, 15) is 9.90 Å². The topological polar surface area (TPSA) is 71.7 Å². The third kappa shape index (κ3) is 2.90. The number of nitrogens with zero attached hydrogens (tertiary/aromatic N) is 1. The molecule has 0 bridgehead atoms. The van der Waals surface area contributed by atoms with E-state index in [0.29, 0.717) is 21.0 Å². The maximum absolute atomic E-state index is 11.5. The van der Waals surface area contributed by atoms with Gasteiger partial charge in [0, 0.05) is 0 Å². The van der Waals surface area contributed by atoms with Crippen molar-refractivity contribution in [1.29, 1.82) is 0 Å². The van der Waals surface area contributed by atoms with Gasteiger partial charge in [-0.3, -0.25) is 9.36 Å². The number of hydrogen-bond acceptors (Lipinski definition) is 6. The summed E-state index contributed by atoms with van der Waals surface area (Å²) in [6.07, 6.45) is 6.34. The van der Waals surface area contributed by atoms with Crippen LogP contribution >= 0.6 is 23.6 Å². The van der Waals surface area contributed by atoms with Gasteiger partial charge in [0.2, 0.25) is 11.7 Å². The summed E-state index contributed by atoms with van der Waals surface area (Å²) in [6.45, 7) is 1.83. The largest absolute Gasteiger partial charge is 0.493 e. The van der Waals surface area contributed by atoms with Crippen LogP contribution in [0.15, 0.2) is 29.6 Å². The van der Waals surface area contributed by atoms with E-state index < -0.39 is 0 Å². The second-order valence-corrected chi connectivity index (χ2v) is 5.58. The van der Waals surface area contributed by atoms with Crippen LogP contribution in [0.2, 0.25) is 0 Å². The van der Waals surface area contributed by atoms with Crippen molar-refractivity contribution in [2.75, 3.05) is 6.61 Å². The average Bonchev–Trinajstić information content (AvgIpc) is 2.68. The molecule has 1 heterocycles. The predicted molar refractivity (Wildman–Crippen MR) is 78.9 cm³/mol. The lowest BCUT2D eigenvalue weighted by molar-refractivity contribution is -0.114. The van der Waals surface area contributed by atoms with Crippen LogP contribution in [0.4, 0.5) is 0 Å². The molecule has 2 N–H and O–H groups in total. The van der Waals surface area contributed by atoms with Crippen LogP contribution in [-0.4, -0.2) is 27.2 Å². The summed E-state index contributed by atoms with van der Waals surface area (Å²) >= 11 is 6.21. The molecule has 0 radical (unpaired) electrons. The second kappa shape index (κ2) is 6.17. The number of ether oxygens (including phenoxy) is 1. The summed E-state index contributed by atoms with van der Waals surface area (Å²) in [6, 6.07) is 0. The molecule has 0 amide bonds. The van der Waals surface area contributed by atoms with Crippen LogP contribution in [0.25, 0.3) is 6.08 Å². The number of thiazole rings is 1. The smallest absolute Gasteiger partial charge is 0.220 e. The fraction of sp³-hybridized carbons (Fsp3) is 0.231. The summed E-state index contributed by atoms with van der Waals surface area (Å²) in [7, 11) is 0. The van der Waals surface area contributed by atoms with Crippen molar-refractivity contribution in [2.45, 2.75) is 13.7 Å². The number of rotatable bonds is 4. The molecule has 7 heteroatoms. The summed E-state index contributed by atoms with van der Waals surface area (Å²) in [4.78, 5) is 12.1. The standard InChI is InChI=1S/C13H13NO4S2/c1-2-18-10-5-8(3-4-9(10)16)6-11-12(17)14(7-15)13(19)20-11/h3-6,15,17H,2,7H2,1H3/b8-6+. The molecule has 0 atom stereocenters. The van der Waals surface area contributed by atoms with Gasteiger partial charge in [-0.15, -0.1) is 11.3 Å². The van der Waals surface area contributed by atoms with Crippen LogP contribution in [0, 0.1) is 3.95 Å². The van der Waals surface area contributed by atoms with Gasteiger partial charge in [0.05, 0.1) is 11.5 Å². The van der Waals surface area contributed by atoms with Gasteiger partial charge < -0.3 is 14.9 Å². The minimum Gasteiger partial charge on any atom is -0.493 e. The second-order valence-electron chi connectivity index (χ2n) is 3.91. The molecule has 0 spiro atoms. The first-order valence-electron chi connectivity index (χ1n) is 5.89. The van der Waals surface area contributed by atoms with Gasteiger partial charge in [0.25, 0.3) is 0 Å². The van der Waals surface area contributed by atoms with E-state index in [1.54, 1.807) is 25.2 Å². The highest BCUT2D eigenvalue weighted by atomic mass is 32.1. The lowest BCUT2D eigenvalue weighted by atomic mass is 10.1. The normalized spacial score (nSPS) is 16.6. The number of ketones is 1. The molecule has 0 saturated carbocycles. The number of aliphatic hydroxyl groups is 1. The van der Waals surface area contributed by atoms with Gasteiger partial charge in [-0.1, -0.05) is 6.08 Å². The van der Waals surface area contributed by atoms with Gasteiger partial charge in [-0.25, -0.2) is 0 Å².